The van der Waals surface area contributed by atoms with Gasteiger partial charge in [-0.05, 0) is 54.0 Å². The predicted octanol–water partition coefficient (Wildman–Crippen LogP) is 4.06. The Morgan fingerprint density at radius 3 is 2.89 bits per heavy atom. The van der Waals surface area contributed by atoms with Crippen LogP contribution in [0.2, 0.25) is 0 Å². The van der Waals surface area contributed by atoms with Crippen LogP contribution in [0.3, 0.4) is 0 Å². The van der Waals surface area contributed by atoms with Gasteiger partial charge in [0.1, 0.15) is 0 Å². The largest absolute Gasteiger partial charge is 0.324 e. The SMILES string of the molecule is Cc1ccc(C2=CCc3ccsc32)c(C(C)N)c1. The van der Waals surface area contributed by atoms with Crippen molar-refractivity contribution in [1.82, 2.24) is 0 Å². The normalized spacial score (nSPS) is 15.4. The minimum atomic E-state index is 0.0739. The first-order chi connectivity index (χ1) is 8.66. The van der Waals surface area contributed by atoms with E-state index in [1.807, 2.05) is 11.3 Å². The third-order valence-electron chi connectivity index (χ3n) is 3.51. The molecule has 1 aromatic heterocycles. The summed E-state index contributed by atoms with van der Waals surface area (Å²) in [7, 11) is 0. The summed E-state index contributed by atoms with van der Waals surface area (Å²) in [5.74, 6) is 0. The monoisotopic (exact) mass is 255 g/mol. The molecule has 0 spiro atoms. The smallest absolute Gasteiger partial charge is 0.0380 e. The van der Waals surface area contributed by atoms with Gasteiger partial charge in [0.2, 0.25) is 0 Å². The second kappa shape index (κ2) is 4.38. The Balaban J connectivity index is 2.14. The van der Waals surface area contributed by atoms with E-state index in [0.717, 1.165) is 6.42 Å². The van der Waals surface area contributed by atoms with Crippen LogP contribution < -0.4 is 5.73 Å². The van der Waals surface area contributed by atoms with Crippen LogP contribution in [0.25, 0.3) is 5.57 Å². The van der Waals surface area contributed by atoms with Crippen LogP contribution in [-0.4, -0.2) is 0 Å². The van der Waals surface area contributed by atoms with Gasteiger partial charge in [0, 0.05) is 10.9 Å². The number of benzene rings is 1. The second-order valence-electron chi connectivity index (χ2n) is 4.98. The molecule has 2 aromatic rings. The van der Waals surface area contributed by atoms with Crippen LogP contribution in [0, 0.1) is 6.92 Å². The zero-order valence-corrected chi connectivity index (χ0v) is 11.6. The van der Waals surface area contributed by atoms with Crippen molar-refractivity contribution in [1.29, 1.82) is 0 Å². The number of hydrogen-bond acceptors (Lipinski definition) is 2. The fourth-order valence-electron chi connectivity index (χ4n) is 2.57. The Morgan fingerprint density at radius 2 is 2.11 bits per heavy atom. The first kappa shape index (κ1) is 11.7. The van der Waals surface area contributed by atoms with Crippen LogP contribution in [0.15, 0.2) is 35.7 Å². The molecule has 1 aliphatic carbocycles. The van der Waals surface area contributed by atoms with E-state index in [1.165, 1.54) is 32.7 Å². The summed E-state index contributed by atoms with van der Waals surface area (Å²) in [6, 6.07) is 8.91. The van der Waals surface area contributed by atoms with E-state index in [9.17, 15) is 0 Å². The molecule has 2 heteroatoms. The summed E-state index contributed by atoms with van der Waals surface area (Å²) in [5.41, 5.74) is 12.8. The molecule has 0 bridgehead atoms. The van der Waals surface area contributed by atoms with Crippen LogP contribution in [0.5, 0.6) is 0 Å². The van der Waals surface area contributed by atoms with Gasteiger partial charge in [-0.2, -0.15) is 0 Å². The number of aryl methyl sites for hydroxylation is 1. The topological polar surface area (TPSA) is 26.0 Å². The van der Waals surface area contributed by atoms with Gasteiger partial charge in [-0.3, -0.25) is 0 Å². The highest BCUT2D eigenvalue weighted by Crippen LogP contribution is 2.38. The number of rotatable bonds is 2. The maximum atomic E-state index is 6.12. The molecular weight excluding hydrogens is 238 g/mol. The van der Waals surface area contributed by atoms with E-state index in [0.29, 0.717) is 0 Å². The van der Waals surface area contributed by atoms with Gasteiger partial charge in [0.25, 0.3) is 0 Å². The molecular formula is C16H17NS. The molecule has 92 valence electrons. The summed E-state index contributed by atoms with van der Waals surface area (Å²) >= 11 is 1.83. The first-order valence-corrected chi connectivity index (χ1v) is 7.18. The van der Waals surface area contributed by atoms with E-state index in [1.54, 1.807) is 0 Å². The summed E-state index contributed by atoms with van der Waals surface area (Å²) in [4.78, 5) is 1.42. The molecule has 0 amide bonds. The number of thiophene rings is 1. The van der Waals surface area contributed by atoms with Gasteiger partial charge in [-0.1, -0.05) is 29.8 Å². The van der Waals surface area contributed by atoms with Crippen molar-refractivity contribution in [2.75, 3.05) is 0 Å². The van der Waals surface area contributed by atoms with Gasteiger partial charge >= 0.3 is 0 Å². The maximum Gasteiger partial charge on any atom is 0.0380 e. The van der Waals surface area contributed by atoms with Crippen molar-refractivity contribution >= 4 is 16.9 Å². The Morgan fingerprint density at radius 1 is 1.28 bits per heavy atom. The van der Waals surface area contributed by atoms with E-state index >= 15 is 0 Å². The predicted molar refractivity (Wildman–Crippen MR) is 78.9 cm³/mol. The summed E-state index contributed by atoms with van der Waals surface area (Å²) in [6.07, 6.45) is 3.39. The molecule has 1 aromatic carbocycles. The Bertz CT molecular complexity index is 620. The minimum absolute atomic E-state index is 0.0739. The molecule has 0 fully saturated rings. The van der Waals surface area contributed by atoms with E-state index in [2.05, 4.69) is 49.6 Å². The quantitative estimate of drug-likeness (QED) is 0.860. The van der Waals surface area contributed by atoms with Crippen LogP contribution >= 0.6 is 11.3 Å². The third kappa shape index (κ3) is 1.82. The van der Waals surface area contributed by atoms with Crippen LogP contribution in [-0.2, 0) is 6.42 Å². The highest BCUT2D eigenvalue weighted by Gasteiger charge is 2.20. The minimum Gasteiger partial charge on any atom is -0.324 e. The fraction of sp³-hybridized carbons (Fsp3) is 0.250. The highest BCUT2D eigenvalue weighted by atomic mass is 32.1. The van der Waals surface area contributed by atoms with Gasteiger partial charge < -0.3 is 5.73 Å². The van der Waals surface area contributed by atoms with Gasteiger partial charge in [-0.15, -0.1) is 11.3 Å². The number of allylic oxidation sites excluding steroid dienone is 1. The van der Waals surface area contributed by atoms with Crippen molar-refractivity contribution in [3.8, 4) is 0 Å². The van der Waals surface area contributed by atoms with Crippen LogP contribution in [0.4, 0.5) is 0 Å². The molecule has 1 unspecified atom stereocenters. The average Bonchev–Trinajstić information content (AvgIpc) is 2.91. The molecule has 1 aliphatic rings. The van der Waals surface area contributed by atoms with Crippen molar-refractivity contribution in [3.63, 3.8) is 0 Å². The molecule has 18 heavy (non-hydrogen) atoms. The molecule has 1 heterocycles. The lowest BCUT2D eigenvalue weighted by molar-refractivity contribution is 0.814. The molecule has 0 saturated carbocycles. The summed E-state index contributed by atoms with van der Waals surface area (Å²) < 4.78 is 0. The second-order valence-corrected chi connectivity index (χ2v) is 5.89. The molecule has 0 radical (unpaired) electrons. The number of hydrogen-bond donors (Lipinski definition) is 1. The molecule has 2 N–H and O–H groups in total. The zero-order chi connectivity index (χ0) is 12.7. The van der Waals surface area contributed by atoms with Gasteiger partial charge in [0.15, 0.2) is 0 Å². The molecule has 0 saturated heterocycles. The number of fused-ring (bicyclic) bond motifs is 1. The van der Waals surface area contributed by atoms with E-state index < -0.39 is 0 Å². The lowest BCUT2D eigenvalue weighted by Crippen LogP contribution is -2.08. The molecule has 3 rings (SSSR count). The van der Waals surface area contributed by atoms with E-state index in [4.69, 9.17) is 5.73 Å². The Hall–Kier alpha value is -1.38. The molecule has 1 atom stereocenters. The fourth-order valence-corrected chi connectivity index (χ4v) is 3.57. The third-order valence-corrected chi connectivity index (χ3v) is 4.50. The van der Waals surface area contributed by atoms with Gasteiger partial charge in [-0.25, -0.2) is 0 Å². The first-order valence-electron chi connectivity index (χ1n) is 6.30. The van der Waals surface area contributed by atoms with Gasteiger partial charge in [0.05, 0.1) is 0 Å². The summed E-state index contributed by atoms with van der Waals surface area (Å²) in [6.45, 7) is 4.18. The lowest BCUT2D eigenvalue weighted by atomic mass is 9.94. The Labute approximate surface area is 112 Å². The van der Waals surface area contributed by atoms with Crippen molar-refractivity contribution in [3.05, 3.63) is 62.9 Å². The average molecular weight is 255 g/mol. The molecule has 0 aliphatic heterocycles. The van der Waals surface area contributed by atoms with Crippen LogP contribution in [0.1, 0.15) is 40.1 Å². The molecule has 1 nitrogen and oxygen atoms in total. The standard InChI is InChI=1S/C16H17NS/c1-10-3-5-13(15(9-10)11(2)17)14-6-4-12-7-8-18-16(12)14/h3,5-9,11H,4,17H2,1-2H3. The number of nitrogens with two attached hydrogens (primary N) is 1. The highest BCUT2D eigenvalue weighted by molar-refractivity contribution is 7.11. The van der Waals surface area contributed by atoms with Crippen molar-refractivity contribution in [2.24, 2.45) is 5.73 Å². The van der Waals surface area contributed by atoms with E-state index in [-0.39, 0.29) is 6.04 Å². The van der Waals surface area contributed by atoms with Crippen molar-refractivity contribution < 1.29 is 0 Å². The Kier molecular flexibility index (Phi) is 2.84. The zero-order valence-electron chi connectivity index (χ0n) is 10.7. The maximum absolute atomic E-state index is 6.12. The lowest BCUT2D eigenvalue weighted by Gasteiger charge is -2.15. The summed E-state index contributed by atoms with van der Waals surface area (Å²) in [5, 5.41) is 2.18. The van der Waals surface area contributed by atoms with Crippen molar-refractivity contribution in [2.45, 2.75) is 26.3 Å².